The lowest BCUT2D eigenvalue weighted by Gasteiger charge is -2.23. The number of aliphatic hydroxyl groups is 1. The van der Waals surface area contributed by atoms with E-state index in [1.54, 1.807) is 0 Å². The fourth-order valence-electron chi connectivity index (χ4n) is 1.76. The minimum atomic E-state index is -0.535. The number of carbonyl (C=O) groups is 1. The van der Waals surface area contributed by atoms with Gasteiger partial charge in [-0.3, -0.25) is 14.9 Å². The predicted molar refractivity (Wildman–Crippen MR) is 80.3 cm³/mol. The van der Waals surface area contributed by atoms with Crippen LogP contribution in [0.1, 0.15) is 25.8 Å². The third-order valence-electron chi connectivity index (χ3n) is 3.15. The third kappa shape index (κ3) is 5.69. The van der Waals surface area contributed by atoms with Gasteiger partial charge in [0, 0.05) is 25.3 Å². The highest BCUT2D eigenvalue weighted by Crippen LogP contribution is 2.23. The largest absolute Gasteiger partial charge is 0.396 e. The molecule has 0 atom stereocenters. The van der Waals surface area contributed by atoms with Crippen LogP contribution >= 0.6 is 11.6 Å². The van der Waals surface area contributed by atoms with Crippen LogP contribution in [0, 0.1) is 15.5 Å². The van der Waals surface area contributed by atoms with Crippen LogP contribution in [-0.4, -0.2) is 29.1 Å². The second-order valence-corrected chi connectivity index (χ2v) is 6.03. The van der Waals surface area contributed by atoms with Crippen molar-refractivity contribution in [3.05, 3.63) is 38.9 Å². The van der Waals surface area contributed by atoms with Gasteiger partial charge in [-0.25, -0.2) is 0 Å². The Labute approximate surface area is 128 Å². The van der Waals surface area contributed by atoms with E-state index in [9.17, 15) is 14.9 Å². The van der Waals surface area contributed by atoms with Crippen molar-refractivity contribution in [2.24, 2.45) is 5.41 Å². The number of benzene rings is 1. The molecule has 0 fully saturated rings. The summed E-state index contributed by atoms with van der Waals surface area (Å²) in [4.78, 5) is 21.9. The average Bonchev–Trinajstić information content (AvgIpc) is 2.38. The molecule has 21 heavy (non-hydrogen) atoms. The number of rotatable bonds is 7. The van der Waals surface area contributed by atoms with Crippen LogP contribution in [0.2, 0.25) is 5.02 Å². The van der Waals surface area contributed by atoms with Crippen molar-refractivity contribution in [2.75, 3.05) is 13.2 Å². The summed E-state index contributed by atoms with van der Waals surface area (Å²) in [5.41, 5.74) is 0.247. The average molecular weight is 315 g/mol. The Balaban J connectivity index is 2.61. The van der Waals surface area contributed by atoms with E-state index in [1.165, 1.54) is 18.2 Å². The highest BCUT2D eigenvalue weighted by atomic mass is 35.5. The fraction of sp³-hybridized carbons (Fsp3) is 0.500. The molecule has 0 saturated carbocycles. The molecule has 0 radical (unpaired) electrons. The molecule has 1 rings (SSSR count). The van der Waals surface area contributed by atoms with E-state index in [0.29, 0.717) is 18.5 Å². The molecule has 1 aromatic carbocycles. The van der Waals surface area contributed by atoms with E-state index in [2.05, 4.69) is 5.32 Å². The summed E-state index contributed by atoms with van der Waals surface area (Å²) < 4.78 is 0. The molecule has 0 aliphatic heterocycles. The summed E-state index contributed by atoms with van der Waals surface area (Å²) in [6.45, 7) is 4.40. The Morgan fingerprint density at radius 2 is 2.14 bits per heavy atom. The first kappa shape index (κ1) is 17.4. The Hall–Kier alpha value is -1.66. The van der Waals surface area contributed by atoms with Crippen LogP contribution in [0.25, 0.3) is 0 Å². The smallest absolute Gasteiger partial charge is 0.270 e. The van der Waals surface area contributed by atoms with Gasteiger partial charge in [0.25, 0.3) is 5.69 Å². The minimum Gasteiger partial charge on any atom is -0.396 e. The number of non-ortho nitro benzene ring substituents is 1. The van der Waals surface area contributed by atoms with Crippen molar-refractivity contribution in [1.29, 1.82) is 0 Å². The van der Waals surface area contributed by atoms with Gasteiger partial charge in [-0.05, 0) is 17.4 Å². The SMILES string of the molecule is CC(C)(CCO)CNC(=O)Cc1ccc([N+](=O)[O-])cc1Cl. The van der Waals surface area contributed by atoms with Gasteiger partial charge in [-0.1, -0.05) is 31.5 Å². The summed E-state index contributed by atoms with van der Waals surface area (Å²) in [5, 5.41) is 22.5. The summed E-state index contributed by atoms with van der Waals surface area (Å²) in [6, 6.07) is 4.04. The molecule has 2 N–H and O–H groups in total. The molecule has 1 aromatic rings. The van der Waals surface area contributed by atoms with Crippen LogP contribution in [-0.2, 0) is 11.2 Å². The zero-order valence-corrected chi connectivity index (χ0v) is 12.8. The Morgan fingerprint density at radius 3 is 2.67 bits per heavy atom. The Bertz CT molecular complexity index is 532. The molecule has 0 aliphatic carbocycles. The summed E-state index contributed by atoms with van der Waals surface area (Å²) in [6.07, 6.45) is 0.650. The molecule has 7 heteroatoms. The molecule has 0 aromatic heterocycles. The van der Waals surface area contributed by atoms with Crippen molar-refractivity contribution < 1.29 is 14.8 Å². The van der Waals surface area contributed by atoms with Gasteiger partial charge >= 0.3 is 0 Å². The highest BCUT2D eigenvalue weighted by Gasteiger charge is 2.19. The van der Waals surface area contributed by atoms with Crippen LogP contribution in [0.3, 0.4) is 0 Å². The lowest BCUT2D eigenvalue weighted by Crippen LogP contribution is -2.35. The van der Waals surface area contributed by atoms with Gasteiger partial charge in [0.05, 0.1) is 16.4 Å². The van der Waals surface area contributed by atoms with Crippen LogP contribution < -0.4 is 5.32 Å². The van der Waals surface area contributed by atoms with E-state index in [1.807, 2.05) is 13.8 Å². The van der Waals surface area contributed by atoms with Crippen LogP contribution in [0.4, 0.5) is 5.69 Å². The zero-order chi connectivity index (χ0) is 16.0. The molecular formula is C14H19ClN2O4. The van der Waals surface area contributed by atoms with Crippen LogP contribution in [0.5, 0.6) is 0 Å². The van der Waals surface area contributed by atoms with Crippen molar-refractivity contribution >= 4 is 23.2 Å². The lowest BCUT2D eigenvalue weighted by atomic mass is 9.89. The number of nitrogens with one attached hydrogen (secondary N) is 1. The number of carbonyl (C=O) groups excluding carboxylic acids is 1. The molecule has 0 aliphatic rings. The maximum Gasteiger partial charge on any atom is 0.270 e. The highest BCUT2D eigenvalue weighted by molar-refractivity contribution is 6.31. The Morgan fingerprint density at radius 1 is 1.48 bits per heavy atom. The number of halogens is 1. The molecule has 0 unspecified atom stereocenters. The standard InChI is InChI=1S/C14H19ClN2O4/c1-14(2,5-6-18)9-16-13(19)7-10-3-4-11(17(20)21)8-12(10)15/h3-4,8,18H,5-7,9H2,1-2H3,(H,16,19). The topological polar surface area (TPSA) is 92.5 Å². The molecule has 1 amide bonds. The Kier molecular flexibility index (Phi) is 6.11. The second kappa shape index (κ2) is 7.38. The molecule has 0 bridgehead atoms. The van der Waals surface area contributed by atoms with Gasteiger partial charge in [0.2, 0.25) is 5.91 Å². The normalized spacial score (nSPS) is 11.2. The number of amides is 1. The fourth-order valence-corrected chi connectivity index (χ4v) is 2.00. The number of nitro groups is 1. The summed E-state index contributed by atoms with van der Waals surface area (Å²) in [7, 11) is 0. The maximum atomic E-state index is 11.9. The van der Waals surface area contributed by atoms with E-state index >= 15 is 0 Å². The zero-order valence-electron chi connectivity index (χ0n) is 12.1. The first-order valence-electron chi connectivity index (χ1n) is 6.55. The minimum absolute atomic E-state index is 0.0615. The number of hydrogen-bond acceptors (Lipinski definition) is 4. The van der Waals surface area contributed by atoms with Gasteiger partial charge in [0.15, 0.2) is 0 Å². The van der Waals surface area contributed by atoms with Gasteiger partial charge in [-0.2, -0.15) is 0 Å². The first-order valence-corrected chi connectivity index (χ1v) is 6.93. The van der Waals surface area contributed by atoms with Crippen molar-refractivity contribution in [3.63, 3.8) is 0 Å². The number of nitro benzene ring substituents is 1. The van der Waals surface area contributed by atoms with E-state index in [4.69, 9.17) is 16.7 Å². The van der Waals surface area contributed by atoms with E-state index in [0.717, 1.165) is 0 Å². The molecule has 0 spiro atoms. The van der Waals surface area contributed by atoms with Gasteiger partial charge in [0.1, 0.15) is 0 Å². The first-order chi connectivity index (χ1) is 9.75. The summed E-state index contributed by atoms with van der Waals surface area (Å²) >= 11 is 5.94. The number of nitrogens with zero attached hydrogens (tertiary/aromatic N) is 1. The quantitative estimate of drug-likeness (QED) is 0.596. The molecule has 6 nitrogen and oxygen atoms in total. The summed E-state index contributed by atoms with van der Waals surface area (Å²) in [5.74, 6) is -0.211. The second-order valence-electron chi connectivity index (χ2n) is 5.62. The molecular weight excluding hydrogens is 296 g/mol. The van der Waals surface area contributed by atoms with Gasteiger partial charge in [-0.15, -0.1) is 0 Å². The van der Waals surface area contributed by atoms with Gasteiger partial charge < -0.3 is 10.4 Å². The van der Waals surface area contributed by atoms with Crippen LogP contribution in [0.15, 0.2) is 18.2 Å². The molecule has 116 valence electrons. The lowest BCUT2D eigenvalue weighted by molar-refractivity contribution is -0.384. The third-order valence-corrected chi connectivity index (χ3v) is 3.50. The van der Waals surface area contributed by atoms with E-state index in [-0.39, 0.29) is 35.1 Å². The number of hydrogen-bond donors (Lipinski definition) is 2. The molecule has 0 heterocycles. The number of aliphatic hydroxyl groups excluding tert-OH is 1. The van der Waals surface area contributed by atoms with Crippen molar-refractivity contribution in [2.45, 2.75) is 26.7 Å². The van der Waals surface area contributed by atoms with Crippen molar-refractivity contribution in [3.8, 4) is 0 Å². The van der Waals surface area contributed by atoms with E-state index < -0.39 is 4.92 Å². The van der Waals surface area contributed by atoms with Crippen molar-refractivity contribution in [1.82, 2.24) is 5.32 Å². The monoisotopic (exact) mass is 314 g/mol. The maximum absolute atomic E-state index is 11.9. The predicted octanol–water partition coefficient (Wildman–Crippen LogP) is 2.32. The molecule has 0 saturated heterocycles.